The summed E-state index contributed by atoms with van der Waals surface area (Å²) in [5, 5.41) is 3.96. The number of aryl methyl sites for hydroxylation is 1. The first-order valence-corrected chi connectivity index (χ1v) is 4.52. The zero-order chi connectivity index (χ0) is 9.64. The predicted molar refractivity (Wildman–Crippen MR) is 47.9 cm³/mol. The van der Waals surface area contributed by atoms with Crippen molar-refractivity contribution in [3.63, 3.8) is 0 Å². The molecule has 1 aliphatic carbocycles. The second-order valence-electron chi connectivity index (χ2n) is 4.50. The number of hydrogen-bond donors (Lipinski definition) is 0. The molecule has 0 bridgehead atoms. The van der Waals surface area contributed by atoms with E-state index in [2.05, 4.69) is 5.16 Å². The molecule has 0 N–H and O–H groups in total. The molecule has 1 aromatic heterocycles. The summed E-state index contributed by atoms with van der Waals surface area (Å²) in [6.07, 6.45) is 1.30. The Hall–Kier alpha value is -1.12. The van der Waals surface area contributed by atoms with Gasteiger partial charge in [0.05, 0.1) is 11.3 Å². The summed E-state index contributed by atoms with van der Waals surface area (Å²) >= 11 is 0. The summed E-state index contributed by atoms with van der Waals surface area (Å²) in [6.45, 7) is 6.12. The molecule has 0 unspecified atom stereocenters. The van der Waals surface area contributed by atoms with Crippen molar-refractivity contribution in [2.75, 3.05) is 0 Å². The molecule has 0 spiro atoms. The van der Waals surface area contributed by atoms with Gasteiger partial charge in [0.25, 0.3) is 0 Å². The summed E-state index contributed by atoms with van der Waals surface area (Å²) in [5.74, 6) is 0.955. The minimum Gasteiger partial charge on any atom is -0.360 e. The molecule has 70 valence electrons. The van der Waals surface area contributed by atoms with Crippen molar-refractivity contribution in [1.82, 2.24) is 5.16 Å². The number of hydrogen-bond acceptors (Lipinski definition) is 3. The number of Topliss-reactive ketones (excluding diaryl/α,β-unsaturated/α-hetero) is 1. The summed E-state index contributed by atoms with van der Waals surface area (Å²) in [5.41, 5.74) is 1.45. The van der Waals surface area contributed by atoms with Crippen molar-refractivity contribution in [2.24, 2.45) is 0 Å². The van der Waals surface area contributed by atoms with Crippen LogP contribution in [0.15, 0.2) is 4.52 Å². The van der Waals surface area contributed by atoms with Crippen molar-refractivity contribution < 1.29 is 9.32 Å². The van der Waals surface area contributed by atoms with Gasteiger partial charge in [-0.3, -0.25) is 4.79 Å². The van der Waals surface area contributed by atoms with Crippen molar-refractivity contribution in [3.8, 4) is 0 Å². The Morgan fingerprint density at radius 2 is 2.00 bits per heavy atom. The van der Waals surface area contributed by atoms with Crippen LogP contribution >= 0.6 is 0 Å². The molecule has 1 heterocycles. The maximum Gasteiger partial charge on any atom is 0.168 e. The Labute approximate surface area is 77.1 Å². The first-order chi connectivity index (χ1) is 6.00. The molecule has 0 aromatic carbocycles. The van der Waals surface area contributed by atoms with Crippen LogP contribution in [-0.4, -0.2) is 10.9 Å². The Morgan fingerprint density at radius 3 is 2.62 bits per heavy atom. The van der Waals surface area contributed by atoms with Gasteiger partial charge in [-0.15, -0.1) is 0 Å². The van der Waals surface area contributed by atoms with Gasteiger partial charge in [-0.2, -0.15) is 0 Å². The highest BCUT2D eigenvalue weighted by atomic mass is 16.5. The molecule has 0 saturated heterocycles. The van der Waals surface area contributed by atoms with E-state index in [1.165, 1.54) is 0 Å². The molecule has 1 aromatic rings. The number of ketones is 1. The quantitative estimate of drug-likeness (QED) is 0.612. The molecular formula is C10H13NO2. The van der Waals surface area contributed by atoms with Crippen LogP contribution in [-0.2, 0) is 11.8 Å². The minimum absolute atomic E-state index is 0.100. The monoisotopic (exact) mass is 179 g/mol. The number of carbonyl (C=O) groups is 1. The van der Waals surface area contributed by atoms with E-state index in [0.717, 1.165) is 23.4 Å². The molecule has 0 fully saturated rings. The maximum atomic E-state index is 11.5. The summed E-state index contributed by atoms with van der Waals surface area (Å²) in [7, 11) is 0. The van der Waals surface area contributed by atoms with Crippen LogP contribution in [0.5, 0.6) is 0 Å². The zero-order valence-corrected chi connectivity index (χ0v) is 8.18. The van der Waals surface area contributed by atoms with E-state index in [9.17, 15) is 4.79 Å². The Kier molecular flexibility index (Phi) is 1.59. The Morgan fingerprint density at radius 1 is 1.31 bits per heavy atom. The first kappa shape index (κ1) is 8.48. The van der Waals surface area contributed by atoms with Gasteiger partial charge in [0.1, 0.15) is 5.76 Å². The maximum absolute atomic E-state index is 11.5. The van der Waals surface area contributed by atoms with E-state index in [1.54, 1.807) is 0 Å². The number of fused-ring (bicyclic) bond motifs is 1. The smallest absolute Gasteiger partial charge is 0.168 e. The summed E-state index contributed by atoms with van der Waals surface area (Å²) in [4.78, 5) is 11.5. The minimum atomic E-state index is -0.100. The van der Waals surface area contributed by atoms with Gasteiger partial charge in [-0.05, 0) is 0 Å². The normalized spacial score (nSPS) is 16.4. The zero-order valence-electron chi connectivity index (χ0n) is 8.18. The van der Waals surface area contributed by atoms with Crippen molar-refractivity contribution >= 4 is 5.78 Å². The van der Waals surface area contributed by atoms with E-state index in [1.807, 2.05) is 20.8 Å². The average Bonchev–Trinajstić information content (AvgIpc) is 2.51. The number of carbonyl (C=O) groups excluding carboxylic acids is 1. The molecule has 0 saturated carbocycles. The third-order valence-electron chi connectivity index (χ3n) is 2.33. The van der Waals surface area contributed by atoms with Crippen LogP contribution in [0.2, 0.25) is 0 Å². The molecule has 0 radical (unpaired) electrons. The van der Waals surface area contributed by atoms with Gasteiger partial charge >= 0.3 is 0 Å². The lowest BCUT2D eigenvalue weighted by molar-refractivity contribution is 0.0992. The van der Waals surface area contributed by atoms with Crippen LogP contribution in [0.4, 0.5) is 0 Å². The van der Waals surface area contributed by atoms with Gasteiger partial charge < -0.3 is 4.52 Å². The van der Waals surface area contributed by atoms with Crippen LogP contribution in [0, 0.1) is 0 Å². The average molecular weight is 179 g/mol. The standard InChI is InChI=1S/C10H13NO2/c1-10(2,3)9-8-6(12)4-5-7(8)13-11-9/h4-5H2,1-3H3. The lowest BCUT2D eigenvalue weighted by Crippen LogP contribution is -2.15. The Balaban J connectivity index is 2.56. The van der Waals surface area contributed by atoms with E-state index in [4.69, 9.17) is 4.52 Å². The fraction of sp³-hybridized carbons (Fsp3) is 0.600. The molecule has 1 aliphatic rings. The van der Waals surface area contributed by atoms with Crippen LogP contribution in [0.3, 0.4) is 0 Å². The van der Waals surface area contributed by atoms with Gasteiger partial charge in [0.2, 0.25) is 0 Å². The summed E-state index contributed by atoms with van der Waals surface area (Å²) < 4.78 is 5.13. The van der Waals surface area contributed by atoms with Gasteiger partial charge in [0, 0.05) is 18.3 Å². The lowest BCUT2D eigenvalue weighted by Gasteiger charge is -2.14. The van der Waals surface area contributed by atoms with Crippen molar-refractivity contribution in [1.29, 1.82) is 0 Å². The molecular weight excluding hydrogens is 166 g/mol. The molecule has 13 heavy (non-hydrogen) atoms. The largest absolute Gasteiger partial charge is 0.360 e. The molecule has 0 atom stereocenters. The Bertz CT molecular complexity index is 357. The molecule has 3 heteroatoms. The second kappa shape index (κ2) is 2.44. The van der Waals surface area contributed by atoms with Gasteiger partial charge in [-0.25, -0.2) is 0 Å². The highest BCUT2D eigenvalue weighted by Crippen LogP contribution is 2.32. The van der Waals surface area contributed by atoms with E-state index in [0.29, 0.717) is 6.42 Å². The molecule has 0 amide bonds. The third-order valence-corrected chi connectivity index (χ3v) is 2.33. The van der Waals surface area contributed by atoms with E-state index >= 15 is 0 Å². The van der Waals surface area contributed by atoms with Gasteiger partial charge in [-0.1, -0.05) is 25.9 Å². The third kappa shape index (κ3) is 1.19. The molecule has 3 nitrogen and oxygen atoms in total. The van der Waals surface area contributed by atoms with Crippen molar-refractivity contribution in [2.45, 2.75) is 39.0 Å². The lowest BCUT2D eigenvalue weighted by atomic mass is 9.89. The predicted octanol–water partition coefficient (Wildman–Crippen LogP) is 2.10. The van der Waals surface area contributed by atoms with Crippen LogP contribution in [0.25, 0.3) is 0 Å². The summed E-state index contributed by atoms with van der Waals surface area (Å²) in [6, 6.07) is 0. The number of rotatable bonds is 0. The second-order valence-corrected chi connectivity index (χ2v) is 4.50. The van der Waals surface area contributed by atoms with Crippen LogP contribution in [0.1, 0.15) is 49.0 Å². The fourth-order valence-electron chi connectivity index (χ4n) is 1.65. The first-order valence-electron chi connectivity index (χ1n) is 4.52. The fourth-order valence-corrected chi connectivity index (χ4v) is 1.65. The molecule has 2 rings (SSSR count). The topological polar surface area (TPSA) is 43.1 Å². The number of nitrogens with zero attached hydrogens (tertiary/aromatic N) is 1. The SMILES string of the molecule is CC(C)(C)c1noc2c1C(=O)CC2. The van der Waals surface area contributed by atoms with Crippen molar-refractivity contribution in [3.05, 3.63) is 17.0 Å². The van der Waals surface area contributed by atoms with Crippen LogP contribution < -0.4 is 0 Å². The molecule has 0 aliphatic heterocycles. The van der Waals surface area contributed by atoms with E-state index in [-0.39, 0.29) is 11.2 Å². The highest BCUT2D eigenvalue weighted by molar-refractivity contribution is 6.00. The van der Waals surface area contributed by atoms with Gasteiger partial charge in [0.15, 0.2) is 5.78 Å². The number of aromatic nitrogens is 1. The highest BCUT2D eigenvalue weighted by Gasteiger charge is 2.33. The van der Waals surface area contributed by atoms with E-state index < -0.39 is 0 Å².